The van der Waals surface area contributed by atoms with Gasteiger partial charge in [0.05, 0.1) is 11.3 Å². The molecule has 8 heteroatoms. The van der Waals surface area contributed by atoms with Gasteiger partial charge in [-0.3, -0.25) is 4.79 Å². The monoisotopic (exact) mass is 290 g/mol. The zero-order chi connectivity index (χ0) is 15.6. The van der Waals surface area contributed by atoms with Crippen LogP contribution in [0, 0.1) is 13.8 Å². The summed E-state index contributed by atoms with van der Waals surface area (Å²) in [6.07, 6.45) is 0. The fourth-order valence-electron chi connectivity index (χ4n) is 1.73. The van der Waals surface area contributed by atoms with Crippen molar-refractivity contribution < 1.29 is 19.2 Å². The Kier molecular flexibility index (Phi) is 3.97. The molecule has 2 aromatic heterocycles. The molecule has 0 spiro atoms. The van der Waals surface area contributed by atoms with Crippen LogP contribution < -0.4 is 5.32 Å². The highest BCUT2D eigenvalue weighted by Crippen LogP contribution is 2.11. The van der Waals surface area contributed by atoms with Crippen LogP contribution in [-0.4, -0.2) is 32.1 Å². The van der Waals surface area contributed by atoms with Crippen LogP contribution in [0.4, 0.5) is 0 Å². The Bertz CT molecular complexity index is 695. The molecule has 1 atom stereocenters. The molecule has 0 aliphatic carbocycles. The average molecular weight is 290 g/mol. The topological polar surface area (TPSA) is 118 Å². The molecule has 8 nitrogen and oxygen atoms in total. The number of aryl methyl sites for hydroxylation is 2. The summed E-state index contributed by atoms with van der Waals surface area (Å²) < 4.78 is 4.96. The van der Waals surface area contributed by atoms with Crippen molar-refractivity contribution >= 4 is 11.9 Å². The summed E-state index contributed by atoms with van der Waals surface area (Å²) in [6, 6.07) is 2.23. The van der Waals surface area contributed by atoms with Crippen LogP contribution in [0.25, 0.3) is 0 Å². The molecule has 0 saturated carbocycles. The maximum atomic E-state index is 12.1. The van der Waals surface area contributed by atoms with Crippen LogP contribution in [0.15, 0.2) is 16.7 Å². The zero-order valence-electron chi connectivity index (χ0n) is 11.7. The predicted octanol–water partition coefficient (Wildman–Crippen LogP) is 1.27. The molecule has 2 heterocycles. The molecule has 0 bridgehead atoms. The predicted molar refractivity (Wildman–Crippen MR) is 70.8 cm³/mol. The molecule has 2 aromatic rings. The fourth-order valence-corrected chi connectivity index (χ4v) is 1.73. The van der Waals surface area contributed by atoms with Crippen LogP contribution in [0.1, 0.15) is 51.2 Å². The van der Waals surface area contributed by atoms with Crippen molar-refractivity contribution in [3.8, 4) is 0 Å². The average Bonchev–Trinajstić information content (AvgIpc) is 2.84. The molecule has 2 N–H and O–H groups in total. The smallest absolute Gasteiger partial charge is 0.337 e. The number of nitrogens with one attached hydrogen (secondary N) is 1. The number of carboxylic acid groups (broad SMARTS) is 1. The van der Waals surface area contributed by atoms with Crippen molar-refractivity contribution in [3.63, 3.8) is 0 Å². The molecule has 1 amide bonds. The number of carbonyl (C=O) groups is 2. The summed E-state index contributed by atoms with van der Waals surface area (Å²) in [6.45, 7) is 4.91. The van der Waals surface area contributed by atoms with E-state index in [2.05, 4.69) is 20.4 Å². The second kappa shape index (κ2) is 5.70. The quantitative estimate of drug-likeness (QED) is 0.870. The van der Waals surface area contributed by atoms with E-state index in [1.54, 1.807) is 13.8 Å². The zero-order valence-corrected chi connectivity index (χ0v) is 11.7. The third kappa shape index (κ3) is 3.22. The van der Waals surface area contributed by atoms with Gasteiger partial charge in [0.1, 0.15) is 11.7 Å². The number of pyridine rings is 1. The van der Waals surface area contributed by atoms with Crippen LogP contribution in [0.5, 0.6) is 0 Å². The van der Waals surface area contributed by atoms with Gasteiger partial charge in [-0.15, -0.1) is 0 Å². The van der Waals surface area contributed by atoms with Crippen molar-refractivity contribution in [1.82, 2.24) is 20.4 Å². The van der Waals surface area contributed by atoms with Crippen molar-refractivity contribution in [1.29, 1.82) is 0 Å². The highest BCUT2D eigenvalue weighted by atomic mass is 16.5. The number of nitrogens with zero attached hydrogens (tertiary/aromatic N) is 3. The van der Waals surface area contributed by atoms with Crippen LogP contribution >= 0.6 is 0 Å². The summed E-state index contributed by atoms with van der Waals surface area (Å²) in [7, 11) is 0. The van der Waals surface area contributed by atoms with Gasteiger partial charge < -0.3 is 14.9 Å². The first kappa shape index (κ1) is 14.6. The Balaban J connectivity index is 2.13. The van der Waals surface area contributed by atoms with Gasteiger partial charge in [0.25, 0.3) is 5.91 Å². The van der Waals surface area contributed by atoms with E-state index in [-0.39, 0.29) is 17.0 Å². The summed E-state index contributed by atoms with van der Waals surface area (Å²) in [4.78, 5) is 31.0. The second-order valence-corrected chi connectivity index (χ2v) is 4.51. The Morgan fingerprint density at radius 1 is 1.29 bits per heavy atom. The molecule has 0 radical (unpaired) electrons. The molecule has 0 aromatic carbocycles. The fraction of sp³-hybridized carbons (Fsp3) is 0.308. The number of carboxylic acids is 1. The summed E-state index contributed by atoms with van der Waals surface area (Å²) in [5, 5.41) is 15.2. The largest absolute Gasteiger partial charge is 0.478 e. The lowest BCUT2D eigenvalue weighted by Crippen LogP contribution is -2.28. The molecular formula is C13H14N4O4. The van der Waals surface area contributed by atoms with Gasteiger partial charge in [-0.1, -0.05) is 5.16 Å². The number of hydrogen-bond acceptors (Lipinski definition) is 6. The first-order valence-electron chi connectivity index (χ1n) is 6.20. The van der Waals surface area contributed by atoms with E-state index in [1.165, 1.54) is 19.1 Å². The van der Waals surface area contributed by atoms with E-state index >= 15 is 0 Å². The lowest BCUT2D eigenvalue weighted by molar-refractivity contribution is 0.0694. The normalized spacial score (nSPS) is 12.0. The molecule has 1 unspecified atom stereocenters. The Hall–Kier alpha value is -2.77. The molecule has 110 valence electrons. The number of aromatic carboxylic acids is 1. The Labute approximate surface area is 120 Å². The second-order valence-electron chi connectivity index (χ2n) is 4.51. The first-order chi connectivity index (χ1) is 9.88. The number of aromatic nitrogens is 3. The first-order valence-corrected chi connectivity index (χ1v) is 6.20. The van der Waals surface area contributed by atoms with E-state index in [9.17, 15) is 9.59 Å². The van der Waals surface area contributed by atoms with Gasteiger partial charge in [-0.25, -0.2) is 9.78 Å². The van der Waals surface area contributed by atoms with E-state index in [0.29, 0.717) is 11.7 Å². The maximum Gasteiger partial charge on any atom is 0.337 e. The summed E-state index contributed by atoms with van der Waals surface area (Å²) in [5.74, 6) is -0.759. The number of amides is 1. The number of carbonyl (C=O) groups excluding carboxylic acids is 1. The lowest BCUT2D eigenvalue weighted by atomic mass is 10.2. The summed E-state index contributed by atoms with van der Waals surface area (Å²) in [5.41, 5.74) is 0.462. The molecule has 2 rings (SSSR count). The van der Waals surface area contributed by atoms with Gasteiger partial charge >= 0.3 is 5.97 Å². The van der Waals surface area contributed by atoms with Gasteiger partial charge in [-0.05, 0) is 32.9 Å². The van der Waals surface area contributed by atoms with E-state index < -0.39 is 17.9 Å². The number of rotatable bonds is 4. The van der Waals surface area contributed by atoms with Crippen molar-refractivity contribution in [2.24, 2.45) is 0 Å². The molecule has 0 saturated heterocycles. The standard InChI is InChI=1S/C13H14N4O4/c1-6-9(13(19)20)4-5-10(14-6)11(18)15-7(2)12-16-8(3)17-21-12/h4-5,7H,1-3H3,(H,15,18)(H,19,20). The number of hydrogen-bond donors (Lipinski definition) is 2. The maximum absolute atomic E-state index is 12.1. The molecular weight excluding hydrogens is 276 g/mol. The van der Waals surface area contributed by atoms with Crippen molar-refractivity contribution in [2.75, 3.05) is 0 Å². The molecule has 21 heavy (non-hydrogen) atoms. The van der Waals surface area contributed by atoms with Gasteiger partial charge in [-0.2, -0.15) is 4.98 Å². The summed E-state index contributed by atoms with van der Waals surface area (Å²) >= 11 is 0. The lowest BCUT2D eigenvalue weighted by Gasteiger charge is -2.10. The third-order valence-corrected chi connectivity index (χ3v) is 2.81. The third-order valence-electron chi connectivity index (χ3n) is 2.81. The van der Waals surface area contributed by atoms with E-state index in [1.807, 2.05) is 0 Å². The van der Waals surface area contributed by atoms with Gasteiger partial charge in [0, 0.05) is 0 Å². The van der Waals surface area contributed by atoms with E-state index in [0.717, 1.165) is 0 Å². The molecule has 0 fully saturated rings. The molecule has 0 aliphatic heterocycles. The van der Waals surface area contributed by atoms with Crippen LogP contribution in [0.2, 0.25) is 0 Å². The van der Waals surface area contributed by atoms with Gasteiger partial charge in [0.15, 0.2) is 5.82 Å². The van der Waals surface area contributed by atoms with Crippen LogP contribution in [-0.2, 0) is 0 Å². The minimum atomic E-state index is -1.08. The highest BCUT2D eigenvalue weighted by molar-refractivity contribution is 5.94. The molecule has 0 aliphatic rings. The van der Waals surface area contributed by atoms with Crippen LogP contribution in [0.3, 0.4) is 0 Å². The Morgan fingerprint density at radius 3 is 2.52 bits per heavy atom. The minimum absolute atomic E-state index is 0.0622. The van der Waals surface area contributed by atoms with Crippen molar-refractivity contribution in [3.05, 3.63) is 40.8 Å². The Morgan fingerprint density at radius 2 is 2.00 bits per heavy atom. The van der Waals surface area contributed by atoms with Crippen molar-refractivity contribution in [2.45, 2.75) is 26.8 Å². The highest BCUT2D eigenvalue weighted by Gasteiger charge is 2.18. The van der Waals surface area contributed by atoms with E-state index in [4.69, 9.17) is 9.63 Å². The SMILES string of the molecule is Cc1noc(C(C)NC(=O)c2ccc(C(=O)O)c(C)n2)n1. The minimum Gasteiger partial charge on any atom is -0.478 e. The van der Waals surface area contributed by atoms with Gasteiger partial charge in [0.2, 0.25) is 5.89 Å².